The molecule has 3 N–H and O–H groups in total. The van der Waals surface area contributed by atoms with Gasteiger partial charge in [-0.3, -0.25) is 4.79 Å². The van der Waals surface area contributed by atoms with Crippen molar-refractivity contribution in [3.8, 4) is 0 Å². The van der Waals surface area contributed by atoms with Crippen LogP contribution in [-0.4, -0.2) is 34.8 Å². The van der Waals surface area contributed by atoms with Crippen molar-refractivity contribution in [2.24, 2.45) is 0 Å². The smallest absolute Gasteiger partial charge is 0.244 e. The molecule has 1 aliphatic carbocycles. The van der Waals surface area contributed by atoms with Gasteiger partial charge >= 0.3 is 0 Å². The third-order valence-corrected chi connectivity index (χ3v) is 4.28. The molecule has 1 aromatic heterocycles. The summed E-state index contributed by atoms with van der Waals surface area (Å²) in [6, 6.07) is -0.0997. The lowest BCUT2D eigenvalue weighted by Gasteiger charge is -2.13. The van der Waals surface area contributed by atoms with Crippen LogP contribution in [0.1, 0.15) is 30.7 Å². The summed E-state index contributed by atoms with van der Waals surface area (Å²) in [5.74, 6) is 1.36. The minimum Gasteiger partial charge on any atom is -0.383 e. The number of carbonyl (C=O) groups is 1. The summed E-state index contributed by atoms with van der Waals surface area (Å²) in [6.07, 6.45) is 3.24. The van der Waals surface area contributed by atoms with Gasteiger partial charge in [0.25, 0.3) is 0 Å². The molecular formula is C11H16N4OS. The number of nitrogens with one attached hydrogen (secondary N) is 1. The Morgan fingerprint density at radius 3 is 2.82 bits per heavy atom. The van der Waals surface area contributed by atoms with Gasteiger partial charge in [-0.2, -0.15) is 4.37 Å². The van der Waals surface area contributed by atoms with E-state index < -0.39 is 0 Å². The normalized spacial score (nSPS) is 24.4. The molecular weight excluding hydrogens is 236 g/mol. The van der Waals surface area contributed by atoms with Crippen LogP contribution in [-0.2, 0) is 4.79 Å². The Balaban J connectivity index is 1.79. The molecule has 92 valence electrons. The number of aromatic nitrogens is 1. The van der Waals surface area contributed by atoms with Crippen LogP contribution in [0.3, 0.4) is 0 Å². The van der Waals surface area contributed by atoms with Crippen LogP contribution in [0.2, 0.25) is 0 Å². The Hall–Kier alpha value is -1.30. The van der Waals surface area contributed by atoms with Gasteiger partial charge in [-0.1, -0.05) is 0 Å². The molecule has 2 aliphatic rings. The average molecular weight is 252 g/mol. The fourth-order valence-corrected chi connectivity index (χ4v) is 3.15. The highest BCUT2D eigenvalue weighted by atomic mass is 32.1. The second-order valence-electron chi connectivity index (χ2n) is 4.83. The average Bonchev–Trinajstić information content (AvgIpc) is 3.01. The van der Waals surface area contributed by atoms with E-state index in [0.717, 1.165) is 23.5 Å². The van der Waals surface area contributed by atoms with Crippen LogP contribution in [0.25, 0.3) is 0 Å². The van der Waals surface area contributed by atoms with Crippen LogP contribution in [0.5, 0.6) is 0 Å². The topological polar surface area (TPSA) is 71.2 Å². The molecule has 1 saturated carbocycles. The van der Waals surface area contributed by atoms with Crippen molar-refractivity contribution in [3.63, 3.8) is 0 Å². The second kappa shape index (κ2) is 3.87. The highest BCUT2D eigenvalue weighted by Gasteiger charge is 2.34. The third kappa shape index (κ3) is 1.86. The molecule has 1 aliphatic heterocycles. The molecule has 0 aromatic carbocycles. The molecule has 0 spiro atoms. The van der Waals surface area contributed by atoms with Crippen molar-refractivity contribution in [1.29, 1.82) is 0 Å². The lowest BCUT2D eigenvalue weighted by Crippen LogP contribution is -2.30. The molecule has 3 rings (SSSR count). The van der Waals surface area contributed by atoms with E-state index >= 15 is 0 Å². The first-order chi connectivity index (χ1) is 8.16. The summed E-state index contributed by atoms with van der Waals surface area (Å²) in [5.41, 5.74) is 7.02. The van der Waals surface area contributed by atoms with E-state index in [4.69, 9.17) is 5.73 Å². The number of nitrogens with zero attached hydrogens (tertiary/aromatic N) is 2. The van der Waals surface area contributed by atoms with E-state index in [0.29, 0.717) is 11.7 Å². The summed E-state index contributed by atoms with van der Waals surface area (Å²) in [7, 11) is 1.84. The lowest BCUT2D eigenvalue weighted by atomic mass is 10.2. The predicted octanol–water partition coefficient (Wildman–Crippen LogP) is 1.25. The lowest BCUT2D eigenvalue weighted by molar-refractivity contribution is -0.127. The molecule has 1 atom stereocenters. The van der Waals surface area contributed by atoms with E-state index in [1.807, 2.05) is 7.05 Å². The first kappa shape index (κ1) is 10.8. The van der Waals surface area contributed by atoms with Crippen LogP contribution in [0.4, 0.5) is 10.8 Å². The van der Waals surface area contributed by atoms with Crippen LogP contribution in [0, 0.1) is 0 Å². The van der Waals surface area contributed by atoms with Crippen molar-refractivity contribution in [2.75, 3.05) is 24.6 Å². The number of anilines is 2. The molecule has 1 aromatic rings. The zero-order valence-corrected chi connectivity index (χ0v) is 10.6. The minimum absolute atomic E-state index is 0.0997. The number of likely N-dealkylation sites (tertiary alicyclic amines) is 1. The summed E-state index contributed by atoms with van der Waals surface area (Å²) in [6.45, 7) is 0.823. The molecule has 2 fully saturated rings. The largest absolute Gasteiger partial charge is 0.383 e. The van der Waals surface area contributed by atoms with Crippen LogP contribution in [0.15, 0.2) is 0 Å². The number of nitrogen functional groups attached to an aromatic ring is 1. The highest BCUT2D eigenvalue weighted by molar-refractivity contribution is 7.10. The predicted molar refractivity (Wildman–Crippen MR) is 68.2 cm³/mol. The van der Waals surface area contributed by atoms with E-state index in [9.17, 15) is 4.79 Å². The van der Waals surface area contributed by atoms with Gasteiger partial charge in [0.15, 0.2) is 0 Å². The Morgan fingerprint density at radius 2 is 2.24 bits per heavy atom. The van der Waals surface area contributed by atoms with Crippen molar-refractivity contribution < 1.29 is 4.79 Å². The fraction of sp³-hybridized carbons (Fsp3) is 0.636. The Morgan fingerprint density at radius 1 is 1.47 bits per heavy atom. The van der Waals surface area contributed by atoms with E-state index in [1.165, 1.54) is 24.4 Å². The Bertz CT molecular complexity index is 454. The number of carbonyl (C=O) groups excluding carboxylic acids is 1. The monoisotopic (exact) mass is 252 g/mol. The molecule has 2 heterocycles. The zero-order chi connectivity index (χ0) is 12.0. The molecule has 1 unspecified atom stereocenters. The molecule has 0 radical (unpaired) electrons. The number of amides is 1. The Kier molecular flexibility index (Phi) is 2.47. The Labute approximate surface area is 104 Å². The van der Waals surface area contributed by atoms with Crippen molar-refractivity contribution in [3.05, 3.63) is 5.56 Å². The summed E-state index contributed by atoms with van der Waals surface area (Å²) in [4.78, 5) is 13.6. The van der Waals surface area contributed by atoms with Crippen molar-refractivity contribution >= 4 is 28.3 Å². The molecule has 1 saturated heterocycles. The zero-order valence-electron chi connectivity index (χ0n) is 9.77. The van der Waals surface area contributed by atoms with Crippen LogP contribution < -0.4 is 11.1 Å². The maximum Gasteiger partial charge on any atom is 0.244 e. The third-order valence-electron chi connectivity index (χ3n) is 3.47. The maximum atomic E-state index is 11.8. The summed E-state index contributed by atoms with van der Waals surface area (Å²) < 4.78 is 4.20. The van der Waals surface area contributed by atoms with Gasteiger partial charge in [0.1, 0.15) is 16.9 Å². The van der Waals surface area contributed by atoms with Gasteiger partial charge < -0.3 is 16.0 Å². The number of hydrogen-bond acceptors (Lipinski definition) is 5. The number of nitrogens with two attached hydrogens (primary N) is 1. The highest BCUT2D eigenvalue weighted by Crippen LogP contribution is 2.47. The summed E-state index contributed by atoms with van der Waals surface area (Å²) >= 11 is 1.38. The first-order valence-corrected chi connectivity index (χ1v) is 6.70. The van der Waals surface area contributed by atoms with Gasteiger partial charge in [-0.05, 0) is 36.7 Å². The first-order valence-electron chi connectivity index (χ1n) is 5.93. The SMILES string of the molecule is CN1CCC(Nc2snc(N)c2C2CC2)C1=O. The number of hydrogen-bond donors (Lipinski definition) is 2. The minimum atomic E-state index is -0.0997. The van der Waals surface area contributed by atoms with E-state index in [1.54, 1.807) is 4.90 Å². The van der Waals surface area contributed by atoms with Gasteiger partial charge in [0.05, 0.1) is 0 Å². The van der Waals surface area contributed by atoms with Crippen molar-refractivity contribution in [1.82, 2.24) is 9.27 Å². The van der Waals surface area contributed by atoms with Crippen molar-refractivity contribution in [2.45, 2.75) is 31.2 Å². The molecule has 17 heavy (non-hydrogen) atoms. The molecule has 0 bridgehead atoms. The number of likely N-dealkylation sites (N-methyl/N-ethyl adjacent to an activating group) is 1. The number of rotatable bonds is 3. The van der Waals surface area contributed by atoms with Gasteiger partial charge in [0, 0.05) is 19.2 Å². The van der Waals surface area contributed by atoms with E-state index in [2.05, 4.69) is 9.69 Å². The quantitative estimate of drug-likeness (QED) is 0.849. The van der Waals surface area contributed by atoms with E-state index in [-0.39, 0.29) is 11.9 Å². The van der Waals surface area contributed by atoms with Gasteiger partial charge in [-0.25, -0.2) is 0 Å². The molecule has 5 nitrogen and oxygen atoms in total. The maximum absolute atomic E-state index is 11.8. The van der Waals surface area contributed by atoms with Gasteiger partial charge in [-0.15, -0.1) is 0 Å². The summed E-state index contributed by atoms with van der Waals surface area (Å²) in [5, 5.41) is 4.32. The molecule has 6 heteroatoms. The molecule has 1 amide bonds. The second-order valence-corrected chi connectivity index (χ2v) is 5.60. The van der Waals surface area contributed by atoms with Crippen LogP contribution >= 0.6 is 11.5 Å². The standard InChI is InChI=1S/C11H16N4OS/c1-15-5-4-7(11(15)16)13-10-8(6-2-3-6)9(12)14-17-10/h6-7,13H,2-5H2,1H3,(H2,12,14). The van der Waals surface area contributed by atoms with Gasteiger partial charge in [0.2, 0.25) is 5.91 Å². The fourth-order valence-electron chi connectivity index (χ4n) is 2.29.